The summed E-state index contributed by atoms with van der Waals surface area (Å²) < 4.78 is 16.1. The number of esters is 1. The first-order chi connectivity index (χ1) is 12.0. The minimum atomic E-state index is -0.496. The molecule has 0 saturated carbocycles. The van der Waals surface area contributed by atoms with E-state index >= 15 is 0 Å². The van der Waals surface area contributed by atoms with Crippen molar-refractivity contribution >= 4 is 17.9 Å². The standard InChI is InChI=1S/C20H19NO4/c1-12-8-9-13(2)14(10-12)11-15-20(22)25-19(21-15)18-16(23-3)6-5-7-17(18)24-4/h5-11H,1-4H3/b15-11+. The number of ether oxygens (including phenoxy) is 3. The molecule has 0 N–H and O–H groups in total. The number of aliphatic imine (C=N–C) groups is 1. The van der Waals surface area contributed by atoms with Crippen molar-refractivity contribution in [3.05, 3.63) is 64.3 Å². The van der Waals surface area contributed by atoms with E-state index in [1.807, 2.05) is 32.0 Å². The van der Waals surface area contributed by atoms with Gasteiger partial charge in [0.2, 0.25) is 5.90 Å². The highest BCUT2D eigenvalue weighted by Crippen LogP contribution is 2.32. The van der Waals surface area contributed by atoms with Gasteiger partial charge in [-0.3, -0.25) is 0 Å². The molecule has 2 aromatic rings. The van der Waals surface area contributed by atoms with Gasteiger partial charge in [-0.05, 0) is 43.2 Å². The zero-order chi connectivity index (χ0) is 18.0. The first-order valence-corrected chi connectivity index (χ1v) is 7.84. The number of carbonyl (C=O) groups is 1. The minimum absolute atomic E-state index is 0.177. The molecule has 1 aliphatic rings. The van der Waals surface area contributed by atoms with E-state index in [-0.39, 0.29) is 11.6 Å². The molecular formula is C20H19NO4. The van der Waals surface area contributed by atoms with Crippen LogP contribution in [-0.2, 0) is 9.53 Å². The summed E-state index contributed by atoms with van der Waals surface area (Å²) in [6.45, 7) is 3.99. The van der Waals surface area contributed by atoms with Crippen LogP contribution in [0, 0.1) is 13.8 Å². The number of methoxy groups -OCH3 is 2. The second-order valence-electron chi connectivity index (χ2n) is 5.73. The van der Waals surface area contributed by atoms with Crippen LogP contribution in [0.1, 0.15) is 22.3 Å². The van der Waals surface area contributed by atoms with E-state index in [2.05, 4.69) is 4.99 Å². The second-order valence-corrected chi connectivity index (χ2v) is 5.73. The first kappa shape index (κ1) is 16.8. The molecule has 2 aromatic carbocycles. The van der Waals surface area contributed by atoms with Crippen LogP contribution in [0.5, 0.6) is 11.5 Å². The second kappa shape index (κ2) is 6.81. The SMILES string of the molecule is COc1cccc(OC)c1C1=N/C(=C/c2cc(C)ccc2C)C(=O)O1. The number of hydrogen-bond donors (Lipinski definition) is 0. The third-order valence-corrected chi connectivity index (χ3v) is 3.99. The number of benzene rings is 2. The molecule has 3 rings (SSSR count). The Balaban J connectivity index is 2.07. The van der Waals surface area contributed by atoms with Crippen LogP contribution in [0.25, 0.3) is 6.08 Å². The Morgan fingerprint density at radius 1 is 1.04 bits per heavy atom. The van der Waals surface area contributed by atoms with Crippen LogP contribution in [0.3, 0.4) is 0 Å². The van der Waals surface area contributed by atoms with E-state index < -0.39 is 5.97 Å². The minimum Gasteiger partial charge on any atom is -0.496 e. The predicted octanol–water partition coefficient (Wildman–Crippen LogP) is 3.67. The average Bonchev–Trinajstić information content (AvgIpc) is 2.97. The van der Waals surface area contributed by atoms with Gasteiger partial charge in [-0.25, -0.2) is 9.79 Å². The van der Waals surface area contributed by atoms with Gasteiger partial charge in [0, 0.05) is 0 Å². The summed E-state index contributed by atoms with van der Waals surface area (Å²) in [6.07, 6.45) is 1.74. The van der Waals surface area contributed by atoms with Crippen molar-refractivity contribution in [2.75, 3.05) is 14.2 Å². The third kappa shape index (κ3) is 3.26. The zero-order valence-corrected chi connectivity index (χ0v) is 14.6. The molecule has 5 heteroatoms. The molecule has 25 heavy (non-hydrogen) atoms. The van der Waals surface area contributed by atoms with E-state index in [1.165, 1.54) is 0 Å². The predicted molar refractivity (Wildman–Crippen MR) is 96.1 cm³/mol. The number of rotatable bonds is 4. The van der Waals surface area contributed by atoms with Gasteiger partial charge in [0.05, 0.1) is 14.2 Å². The number of cyclic esters (lactones) is 1. The molecule has 0 atom stereocenters. The lowest BCUT2D eigenvalue weighted by atomic mass is 10.0. The van der Waals surface area contributed by atoms with E-state index in [4.69, 9.17) is 14.2 Å². The van der Waals surface area contributed by atoms with Crippen molar-refractivity contribution in [3.8, 4) is 11.5 Å². The number of hydrogen-bond acceptors (Lipinski definition) is 5. The molecular weight excluding hydrogens is 318 g/mol. The first-order valence-electron chi connectivity index (χ1n) is 7.84. The van der Waals surface area contributed by atoms with Crippen molar-refractivity contribution in [3.63, 3.8) is 0 Å². The topological polar surface area (TPSA) is 57.1 Å². The Hall–Kier alpha value is -3.08. The van der Waals surface area contributed by atoms with Gasteiger partial charge in [-0.15, -0.1) is 0 Å². The number of nitrogens with zero attached hydrogens (tertiary/aromatic N) is 1. The smallest absolute Gasteiger partial charge is 0.363 e. The van der Waals surface area contributed by atoms with Crippen LogP contribution < -0.4 is 9.47 Å². The molecule has 0 unspecified atom stereocenters. The van der Waals surface area contributed by atoms with Gasteiger partial charge < -0.3 is 14.2 Å². The summed E-state index contributed by atoms with van der Waals surface area (Å²) in [5.41, 5.74) is 3.87. The summed E-state index contributed by atoms with van der Waals surface area (Å²) in [7, 11) is 3.09. The Morgan fingerprint density at radius 2 is 1.72 bits per heavy atom. The lowest BCUT2D eigenvalue weighted by Crippen LogP contribution is -2.09. The Labute approximate surface area is 146 Å². The van der Waals surface area contributed by atoms with Crippen molar-refractivity contribution in [1.29, 1.82) is 0 Å². The molecule has 0 bridgehead atoms. The van der Waals surface area contributed by atoms with Gasteiger partial charge in [0.1, 0.15) is 17.1 Å². The summed E-state index contributed by atoms with van der Waals surface area (Å²) in [5, 5.41) is 0. The maximum atomic E-state index is 12.3. The summed E-state index contributed by atoms with van der Waals surface area (Å²) in [4.78, 5) is 16.6. The van der Waals surface area contributed by atoms with Gasteiger partial charge in [0.15, 0.2) is 5.70 Å². The van der Waals surface area contributed by atoms with E-state index in [0.29, 0.717) is 17.1 Å². The van der Waals surface area contributed by atoms with Gasteiger partial charge >= 0.3 is 5.97 Å². The van der Waals surface area contributed by atoms with Crippen LogP contribution in [-0.4, -0.2) is 26.1 Å². The number of carbonyl (C=O) groups excluding carboxylic acids is 1. The van der Waals surface area contributed by atoms with Crippen LogP contribution >= 0.6 is 0 Å². The molecule has 5 nitrogen and oxygen atoms in total. The van der Waals surface area contributed by atoms with Crippen LogP contribution in [0.2, 0.25) is 0 Å². The van der Waals surface area contributed by atoms with Gasteiger partial charge in [0.25, 0.3) is 0 Å². The fourth-order valence-corrected chi connectivity index (χ4v) is 2.64. The average molecular weight is 337 g/mol. The summed E-state index contributed by atoms with van der Waals surface area (Å²) in [5.74, 6) is 0.734. The molecule has 0 aliphatic carbocycles. The summed E-state index contributed by atoms with van der Waals surface area (Å²) in [6, 6.07) is 11.4. The molecule has 0 aromatic heterocycles. The highest BCUT2D eigenvalue weighted by atomic mass is 16.6. The van der Waals surface area contributed by atoms with Crippen LogP contribution in [0.15, 0.2) is 47.1 Å². The third-order valence-electron chi connectivity index (χ3n) is 3.99. The van der Waals surface area contributed by atoms with Crippen molar-refractivity contribution in [1.82, 2.24) is 0 Å². The van der Waals surface area contributed by atoms with E-state index in [9.17, 15) is 4.79 Å². The van der Waals surface area contributed by atoms with E-state index in [1.54, 1.807) is 38.5 Å². The largest absolute Gasteiger partial charge is 0.496 e. The van der Waals surface area contributed by atoms with Gasteiger partial charge in [-0.2, -0.15) is 0 Å². The highest BCUT2D eigenvalue weighted by molar-refractivity contribution is 6.14. The number of aryl methyl sites for hydroxylation is 2. The van der Waals surface area contributed by atoms with Crippen molar-refractivity contribution in [2.45, 2.75) is 13.8 Å². The zero-order valence-electron chi connectivity index (χ0n) is 14.6. The van der Waals surface area contributed by atoms with Crippen molar-refractivity contribution in [2.24, 2.45) is 4.99 Å². The molecule has 0 fully saturated rings. The maximum Gasteiger partial charge on any atom is 0.363 e. The fraction of sp³-hybridized carbons (Fsp3) is 0.200. The maximum absolute atomic E-state index is 12.3. The Morgan fingerprint density at radius 3 is 2.36 bits per heavy atom. The van der Waals surface area contributed by atoms with Gasteiger partial charge in [-0.1, -0.05) is 29.8 Å². The lowest BCUT2D eigenvalue weighted by molar-refractivity contribution is -0.129. The molecule has 0 amide bonds. The Bertz CT molecular complexity index is 874. The molecule has 0 saturated heterocycles. The molecule has 1 heterocycles. The van der Waals surface area contributed by atoms with E-state index in [0.717, 1.165) is 16.7 Å². The molecule has 0 spiro atoms. The molecule has 128 valence electrons. The monoisotopic (exact) mass is 337 g/mol. The normalized spacial score (nSPS) is 15.1. The highest BCUT2D eigenvalue weighted by Gasteiger charge is 2.29. The summed E-state index contributed by atoms with van der Waals surface area (Å²) >= 11 is 0. The lowest BCUT2D eigenvalue weighted by Gasteiger charge is -2.11. The van der Waals surface area contributed by atoms with Crippen molar-refractivity contribution < 1.29 is 19.0 Å². The van der Waals surface area contributed by atoms with Crippen LogP contribution in [0.4, 0.5) is 0 Å². The Kier molecular flexibility index (Phi) is 4.57. The molecule has 0 radical (unpaired) electrons. The quantitative estimate of drug-likeness (QED) is 0.631. The fourth-order valence-electron chi connectivity index (χ4n) is 2.64. The molecule has 1 aliphatic heterocycles.